The van der Waals surface area contributed by atoms with Crippen LogP contribution < -0.4 is 11.1 Å². The zero-order valence-corrected chi connectivity index (χ0v) is 8.90. The summed E-state index contributed by atoms with van der Waals surface area (Å²) in [5.74, 6) is -0.259. The van der Waals surface area contributed by atoms with Gasteiger partial charge in [0.25, 0.3) is 0 Å². The van der Waals surface area contributed by atoms with Crippen molar-refractivity contribution in [3.05, 3.63) is 0 Å². The van der Waals surface area contributed by atoms with E-state index in [1.54, 1.807) is 0 Å². The molecule has 0 aromatic rings. The second-order valence-electron chi connectivity index (χ2n) is 3.51. The van der Waals surface area contributed by atoms with Crippen LogP contribution >= 0.6 is 11.8 Å². The second-order valence-corrected chi connectivity index (χ2v) is 4.59. The van der Waals surface area contributed by atoms with E-state index in [0.29, 0.717) is 17.8 Å². The highest BCUT2D eigenvalue weighted by atomic mass is 32.2. The summed E-state index contributed by atoms with van der Waals surface area (Å²) in [4.78, 5) is 10.6. The van der Waals surface area contributed by atoms with Gasteiger partial charge in [-0.05, 0) is 19.1 Å². The predicted molar refractivity (Wildman–Crippen MR) is 56.8 cm³/mol. The van der Waals surface area contributed by atoms with Gasteiger partial charge in [0.05, 0.1) is 6.54 Å². The molecule has 0 heterocycles. The number of carbonyl (C=O) groups is 1. The Balaban J connectivity index is 2.31. The third kappa shape index (κ3) is 3.56. The standard InChI is InChI=1S/C9H18N2OS/c1-13-8-5-3-2-4-7(8)11-6-9(10)12/h7-8,11H,2-6H2,1H3,(H2,10,12). The fraction of sp³-hybridized carbons (Fsp3) is 0.889. The van der Waals surface area contributed by atoms with E-state index in [0.717, 1.165) is 0 Å². The molecule has 3 nitrogen and oxygen atoms in total. The van der Waals surface area contributed by atoms with Gasteiger partial charge in [-0.25, -0.2) is 0 Å². The Morgan fingerprint density at radius 1 is 1.54 bits per heavy atom. The molecule has 0 aromatic carbocycles. The Morgan fingerprint density at radius 3 is 2.85 bits per heavy atom. The van der Waals surface area contributed by atoms with Crippen molar-refractivity contribution in [3.8, 4) is 0 Å². The van der Waals surface area contributed by atoms with Gasteiger partial charge in [-0.1, -0.05) is 12.8 Å². The Bertz CT molecular complexity index is 175. The molecule has 4 heteroatoms. The molecule has 2 unspecified atom stereocenters. The zero-order chi connectivity index (χ0) is 9.68. The molecule has 13 heavy (non-hydrogen) atoms. The van der Waals surface area contributed by atoms with Crippen LogP contribution in [0.4, 0.5) is 0 Å². The summed E-state index contributed by atoms with van der Waals surface area (Å²) < 4.78 is 0. The first-order valence-corrected chi connectivity index (χ1v) is 6.07. The minimum atomic E-state index is -0.259. The molecular formula is C9H18N2OS. The maximum Gasteiger partial charge on any atom is 0.231 e. The van der Waals surface area contributed by atoms with Crippen LogP contribution in [-0.2, 0) is 4.79 Å². The lowest BCUT2D eigenvalue weighted by Gasteiger charge is -2.30. The smallest absolute Gasteiger partial charge is 0.231 e. The second kappa shape index (κ2) is 5.50. The maximum atomic E-state index is 10.6. The number of nitrogens with two attached hydrogens (primary N) is 1. The molecule has 1 rings (SSSR count). The van der Waals surface area contributed by atoms with Crippen LogP contribution in [-0.4, -0.2) is 30.0 Å². The first-order chi connectivity index (χ1) is 6.24. The van der Waals surface area contributed by atoms with Crippen LogP contribution in [0.1, 0.15) is 25.7 Å². The fourth-order valence-corrected chi connectivity index (χ4v) is 2.81. The maximum absolute atomic E-state index is 10.6. The predicted octanol–water partition coefficient (Wildman–Crippen LogP) is 0.736. The average molecular weight is 202 g/mol. The molecule has 0 spiro atoms. The monoisotopic (exact) mass is 202 g/mol. The molecule has 0 radical (unpaired) electrons. The number of nitrogens with one attached hydrogen (secondary N) is 1. The van der Waals surface area contributed by atoms with Crippen LogP contribution in [0, 0.1) is 0 Å². The van der Waals surface area contributed by atoms with Gasteiger partial charge in [0.1, 0.15) is 0 Å². The Kier molecular flexibility index (Phi) is 4.59. The van der Waals surface area contributed by atoms with Gasteiger partial charge < -0.3 is 11.1 Å². The van der Waals surface area contributed by atoms with Crippen LogP contribution in [0.3, 0.4) is 0 Å². The normalized spacial score (nSPS) is 28.7. The fourth-order valence-electron chi connectivity index (χ4n) is 1.84. The van der Waals surface area contributed by atoms with Crippen molar-refractivity contribution in [1.82, 2.24) is 5.32 Å². The zero-order valence-electron chi connectivity index (χ0n) is 8.08. The van der Waals surface area contributed by atoms with E-state index in [1.165, 1.54) is 25.7 Å². The van der Waals surface area contributed by atoms with Gasteiger partial charge >= 0.3 is 0 Å². The van der Waals surface area contributed by atoms with Crippen molar-refractivity contribution in [2.24, 2.45) is 5.73 Å². The number of rotatable bonds is 4. The summed E-state index contributed by atoms with van der Waals surface area (Å²) in [6.45, 7) is 0.321. The summed E-state index contributed by atoms with van der Waals surface area (Å²) in [5, 5.41) is 3.89. The minimum Gasteiger partial charge on any atom is -0.369 e. The van der Waals surface area contributed by atoms with Crippen LogP contribution in [0.5, 0.6) is 0 Å². The summed E-state index contributed by atoms with van der Waals surface area (Å²) in [6.07, 6.45) is 7.17. The van der Waals surface area contributed by atoms with Gasteiger partial charge in [-0.15, -0.1) is 0 Å². The molecule has 1 fully saturated rings. The number of primary amides is 1. The van der Waals surface area contributed by atoms with Crippen LogP contribution in [0.15, 0.2) is 0 Å². The molecule has 1 aliphatic rings. The van der Waals surface area contributed by atoms with E-state index in [4.69, 9.17) is 5.73 Å². The average Bonchev–Trinajstić information content (AvgIpc) is 2.15. The third-order valence-corrected chi connectivity index (χ3v) is 3.71. The van der Waals surface area contributed by atoms with Gasteiger partial charge in [-0.2, -0.15) is 11.8 Å². The highest BCUT2D eigenvalue weighted by Gasteiger charge is 2.23. The molecule has 76 valence electrons. The summed E-state index contributed by atoms with van der Waals surface area (Å²) in [5.41, 5.74) is 5.09. The molecule has 0 aromatic heterocycles. The first kappa shape index (κ1) is 10.9. The molecule has 0 aliphatic heterocycles. The van der Waals surface area contributed by atoms with Crippen molar-refractivity contribution in [3.63, 3.8) is 0 Å². The van der Waals surface area contributed by atoms with Crippen molar-refractivity contribution in [2.75, 3.05) is 12.8 Å². The summed E-state index contributed by atoms with van der Waals surface area (Å²) >= 11 is 1.89. The van der Waals surface area contributed by atoms with E-state index in [1.807, 2.05) is 11.8 Å². The van der Waals surface area contributed by atoms with Gasteiger partial charge in [-0.3, -0.25) is 4.79 Å². The molecule has 0 saturated heterocycles. The van der Waals surface area contributed by atoms with E-state index >= 15 is 0 Å². The molecule has 1 aliphatic carbocycles. The molecule has 0 bridgehead atoms. The van der Waals surface area contributed by atoms with Crippen LogP contribution in [0.25, 0.3) is 0 Å². The highest BCUT2D eigenvalue weighted by molar-refractivity contribution is 7.99. The van der Waals surface area contributed by atoms with Gasteiger partial charge in [0.15, 0.2) is 0 Å². The molecule has 3 N–H and O–H groups in total. The SMILES string of the molecule is CSC1CCCCC1NCC(N)=O. The number of hydrogen-bond acceptors (Lipinski definition) is 3. The topological polar surface area (TPSA) is 55.1 Å². The van der Waals surface area contributed by atoms with E-state index < -0.39 is 0 Å². The number of carbonyl (C=O) groups excluding carboxylic acids is 1. The molecule has 2 atom stereocenters. The van der Waals surface area contributed by atoms with E-state index in [9.17, 15) is 4.79 Å². The minimum absolute atomic E-state index is 0.259. The van der Waals surface area contributed by atoms with E-state index in [2.05, 4.69) is 11.6 Å². The first-order valence-electron chi connectivity index (χ1n) is 4.78. The number of amides is 1. The van der Waals surface area contributed by atoms with Gasteiger partial charge in [0, 0.05) is 11.3 Å². The molecule has 1 amide bonds. The van der Waals surface area contributed by atoms with Crippen molar-refractivity contribution in [2.45, 2.75) is 37.0 Å². The lowest BCUT2D eigenvalue weighted by atomic mass is 9.95. The number of hydrogen-bond donors (Lipinski definition) is 2. The van der Waals surface area contributed by atoms with Crippen molar-refractivity contribution >= 4 is 17.7 Å². The largest absolute Gasteiger partial charge is 0.369 e. The quantitative estimate of drug-likeness (QED) is 0.707. The Morgan fingerprint density at radius 2 is 2.23 bits per heavy atom. The lowest BCUT2D eigenvalue weighted by molar-refractivity contribution is -0.117. The van der Waals surface area contributed by atoms with Crippen molar-refractivity contribution in [1.29, 1.82) is 0 Å². The lowest BCUT2D eigenvalue weighted by Crippen LogP contribution is -2.44. The third-order valence-electron chi connectivity index (χ3n) is 2.54. The molecular weight excluding hydrogens is 184 g/mol. The van der Waals surface area contributed by atoms with Crippen LogP contribution in [0.2, 0.25) is 0 Å². The Hall–Kier alpha value is -0.220. The Labute approximate surface area is 83.8 Å². The van der Waals surface area contributed by atoms with Gasteiger partial charge in [0.2, 0.25) is 5.91 Å². The van der Waals surface area contributed by atoms with E-state index in [-0.39, 0.29) is 5.91 Å². The summed E-state index contributed by atoms with van der Waals surface area (Å²) in [7, 11) is 0. The highest BCUT2D eigenvalue weighted by Crippen LogP contribution is 2.26. The number of thioether (sulfide) groups is 1. The van der Waals surface area contributed by atoms with Crippen molar-refractivity contribution < 1.29 is 4.79 Å². The molecule has 1 saturated carbocycles. The summed E-state index contributed by atoms with van der Waals surface area (Å²) in [6, 6.07) is 0.483.